The predicted octanol–water partition coefficient (Wildman–Crippen LogP) is 1.09. The van der Waals surface area contributed by atoms with Crippen LogP contribution < -0.4 is 10.2 Å². The molecular weight excluding hydrogens is 245 g/mol. The monoisotopic (exact) mass is 259 g/mol. The van der Waals surface area contributed by atoms with Crippen molar-refractivity contribution in [2.45, 2.75) is 6.04 Å². The first-order valence-corrected chi connectivity index (χ1v) is 6.12. The third-order valence-electron chi connectivity index (χ3n) is 3.31. The van der Waals surface area contributed by atoms with Crippen LogP contribution >= 0.6 is 0 Å². The van der Waals surface area contributed by atoms with Gasteiger partial charge in [-0.05, 0) is 19.2 Å². The number of halogens is 1. The molecule has 0 saturated carbocycles. The minimum absolute atomic E-state index is 0.320. The Kier molecular flexibility index (Phi) is 3.08. The number of rotatable bonds is 3. The van der Waals surface area contributed by atoms with Gasteiger partial charge in [0.2, 0.25) is 0 Å². The van der Waals surface area contributed by atoms with Crippen LogP contribution in [-0.4, -0.2) is 41.1 Å². The van der Waals surface area contributed by atoms with Gasteiger partial charge in [0.1, 0.15) is 12.0 Å². The van der Waals surface area contributed by atoms with E-state index in [9.17, 15) is 4.39 Å². The maximum atomic E-state index is 14.5. The van der Waals surface area contributed by atoms with E-state index in [-0.39, 0.29) is 5.82 Å². The summed E-state index contributed by atoms with van der Waals surface area (Å²) in [5.41, 5.74) is 1.03. The van der Waals surface area contributed by atoms with Crippen LogP contribution in [0.1, 0.15) is 0 Å². The summed E-state index contributed by atoms with van der Waals surface area (Å²) in [6.45, 7) is 1.53. The third kappa shape index (κ3) is 2.15. The molecule has 2 aromatic heterocycles. The maximum absolute atomic E-state index is 14.5. The molecule has 1 saturated heterocycles. The molecular formula is C13H14FN5. The first kappa shape index (κ1) is 12.0. The van der Waals surface area contributed by atoms with Crippen LogP contribution in [0.25, 0.3) is 11.3 Å². The Morgan fingerprint density at radius 2 is 2.00 bits per heavy atom. The fraction of sp³-hybridized carbons (Fsp3) is 0.308. The minimum atomic E-state index is -0.372. The summed E-state index contributed by atoms with van der Waals surface area (Å²) >= 11 is 0. The van der Waals surface area contributed by atoms with Gasteiger partial charge in [-0.1, -0.05) is 0 Å². The molecule has 3 rings (SSSR count). The average Bonchev–Trinajstić information content (AvgIpc) is 2.40. The van der Waals surface area contributed by atoms with Gasteiger partial charge in [-0.2, -0.15) is 0 Å². The van der Waals surface area contributed by atoms with Crippen LogP contribution in [0.3, 0.4) is 0 Å². The minimum Gasteiger partial charge on any atom is -0.351 e. The van der Waals surface area contributed by atoms with Crippen LogP contribution in [0.15, 0.2) is 30.9 Å². The van der Waals surface area contributed by atoms with Gasteiger partial charge in [-0.3, -0.25) is 4.98 Å². The number of anilines is 1. The molecule has 0 atom stereocenters. The molecule has 0 spiro atoms. The summed E-state index contributed by atoms with van der Waals surface area (Å²) in [6.07, 6.45) is 4.65. The normalized spacial score (nSPS) is 15.4. The molecule has 0 unspecified atom stereocenters. The number of nitrogens with zero attached hydrogens (tertiary/aromatic N) is 4. The molecule has 98 valence electrons. The number of likely N-dealkylation sites (N-methyl/N-ethyl adjacent to an activating group) is 1. The Morgan fingerprint density at radius 3 is 2.68 bits per heavy atom. The number of hydrogen-bond donors (Lipinski definition) is 1. The highest BCUT2D eigenvalue weighted by Gasteiger charge is 2.29. The van der Waals surface area contributed by atoms with E-state index in [1.807, 2.05) is 11.9 Å². The van der Waals surface area contributed by atoms with Gasteiger partial charge in [0.05, 0.1) is 0 Å². The molecule has 1 fully saturated rings. The van der Waals surface area contributed by atoms with Gasteiger partial charge in [0.25, 0.3) is 0 Å². The van der Waals surface area contributed by atoms with Crippen molar-refractivity contribution in [1.82, 2.24) is 20.3 Å². The Labute approximate surface area is 110 Å². The van der Waals surface area contributed by atoms with Crippen LogP contribution in [-0.2, 0) is 0 Å². The summed E-state index contributed by atoms with van der Waals surface area (Å²) in [5.74, 6) is -0.00318. The fourth-order valence-corrected chi connectivity index (χ4v) is 2.13. The lowest BCUT2D eigenvalue weighted by molar-refractivity contribution is 0.438. The second kappa shape index (κ2) is 4.89. The summed E-state index contributed by atoms with van der Waals surface area (Å²) in [7, 11) is 1.90. The second-order valence-electron chi connectivity index (χ2n) is 4.49. The average molecular weight is 259 g/mol. The van der Waals surface area contributed by atoms with Crippen molar-refractivity contribution in [3.63, 3.8) is 0 Å². The number of nitrogens with one attached hydrogen (secondary N) is 1. The molecule has 3 heterocycles. The predicted molar refractivity (Wildman–Crippen MR) is 70.3 cm³/mol. The molecule has 0 radical (unpaired) electrons. The lowest BCUT2D eigenvalue weighted by atomic mass is 10.1. The van der Waals surface area contributed by atoms with Gasteiger partial charge in [-0.25, -0.2) is 14.4 Å². The Morgan fingerprint density at radius 1 is 1.26 bits per heavy atom. The Bertz CT molecular complexity index is 569. The van der Waals surface area contributed by atoms with Crippen LogP contribution in [0.4, 0.5) is 10.2 Å². The van der Waals surface area contributed by atoms with E-state index in [0.717, 1.165) is 13.1 Å². The van der Waals surface area contributed by atoms with Gasteiger partial charge in [0, 0.05) is 37.1 Å². The first-order valence-electron chi connectivity index (χ1n) is 6.12. The Balaban J connectivity index is 1.92. The van der Waals surface area contributed by atoms with E-state index in [1.54, 1.807) is 24.5 Å². The van der Waals surface area contributed by atoms with Gasteiger partial charge in [-0.15, -0.1) is 0 Å². The van der Waals surface area contributed by atoms with Gasteiger partial charge in [0.15, 0.2) is 11.6 Å². The zero-order chi connectivity index (χ0) is 13.2. The number of hydrogen-bond acceptors (Lipinski definition) is 5. The van der Waals surface area contributed by atoms with E-state index >= 15 is 0 Å². The van der Waals surface area contributed by atoms with Gasteiger partial charge < -0.3 is 10.2 Å². The van der Waals surface area contributed by atoms with Crippen LogP contribution in [0, 0.1) is 5.82 Å². The molecule has 2 aromatic rings. The highest BCUT2D eigenvalue weighted by molar-refractivity contribution is 5.63. The highest BCUT2D eigenvalue weighted by atomic mass is 19.1. The second-order valence-corrected chi connectivity index (χ2v) is 4.49. The molecule has 1 N–H and O–H groups in total. The van der Waals surface area contributed by atoms with Crippen molar-refractivity contribution in [3.8, 4) is 11.3 Å². The Hall–Kier alpha value is -2.08. The molecule has 5 nitrogen and oxygen atoms in total. The van der Waals surface area contributed by atoms with Crippen molar-refractivity contribution in [2.24, 2.45) is 0 Å². The number of pyridine rings is 1. The summed E-state index contributed by atoms with van der Waals surface area (Å²) in [4.78, 5) is 13.9. The maximum Gasteiger partial charge on any atom is 0.191 e. The molecule has 1 aliphatic heterocycles. The smallest absolute Gasteiger partial charge is 0.191 e. The molecule has 6 heteroatoms. The standard InChI is InChI=1S/C13H14FN5/c1-15-10-6-19(7-10)13-11(14)12(17-8-18-13)9-2-4-16-5-3-9/h2-5,8,10,15H,6-7H2,1H3. The summed E-state index contributed by atoms with van der Waals surface area (Å²) in [6, 6.07) is 3.88. The van der Waals surface area contributed by atoms with E-state index in [2.05, 4.69) is 20.3 Å². The molecule has 1 aliphatic rings. The van der Waals surface area contributed by atoms with Crippen molar-refractivity contribution in [1.29, 1.82) is 0 Å². The fourth-order valence-electron chi connectivity index (χ4n) is 2.13. The van der Waals surface area contributed by atoms with Crippen LogP contribution in [0.5, 0.6) is 0 Å². The van der Waals surface area contributed by atoms with E-state index in [0.29, 0.717) is 23.1 Å². The highest BCUT2D eigenvalue weighted by Crippen LogP contribution is 2.27. The summed E-state index contributed by atoms with van der Waals surface area (Å²) in [5, 5.41) is 3.15. The van der Waals surface area contributed by atoms with Crippen molar-refractivity contribution >= 4 is 5.82 Å². The van der Waals surface area contributed by atoms with E-state index in [1.165, 1.54) is 6.33 Å². The van der Waals surface area contributed by atoms with Crippen molar-refractivity contribution in [3.05, 3.63) is 36.7 Å². The van der Waals surface area contributed by atoms with Crippen LogP contribution in [0.2, 0.25) is 0 Å². The molecule has 19 heavy (non-hydrogen) atoms. The SMILES string of the molecule is CNC1CN(c2ncnc(-c3ccncc3)c2F)C1. The molecule has 0 aliphatic carbocycles. The molecule has 0 bridgehead atoms. The lowest BCUT2D eigenvalue weighted by Crippen LogP contribution is -2.57. The third-order valence-corrected chi connectivity index (χ3v) is 3.31. The first-order chi connectivity index (χ1) is 9.29. The molecule has 0 amide bonds. The zero-order valence-electron chi connectivity index (χ0n) is 10.5. The quantitative estimate of drug-likeness (QED) is 0.894. The zero-order valence-corrected chi connectivity index (χ0v) is 10.5. The van der Waals surface area contributed by atoms with Crippen molar-refractivity contribution in [2.75, 3.05) is 25.0 Å². The van der Waals surface area contributed by atoms with E-state index in [4.69, 9.17) is 0 Å². The molecule has 0 aromatic carbocycles. The summed E-state index contributed by atoms with van der Waals surface area (Å²) < 4.78 is 14.5. The van der Waals surface area contributed by atoms with Gasteiger partial charge >= 0.3 is 0 Å². The topological polar surface area (TPSA) is 53.9 Å². The largest absolute Gasteiger partial charge is 0.351 e. The number of aromatic nitrogens is 3. The van der Waals surface area contributed by atoms with E-state index < -0.39 is 0 Å². The lowest BCUT2D eigenvalue weighted by Gasteiger charge is -2.40. The van der Waals surface area contributed by atoms with Crippen molar-refractivity contribution < 1.29 is 4.39 Å².